The molecule has 0 aliphatic heterocycles. The first kappa shape index (κ1) is 14.4. The molecule has 0 aromatic heterocycles. The number of ether oxygens (including phenoxy) is 1. The smallest absolute Gasteiger partial charge is 0.416 e. The van der Waals surface area contributed by atoms with Crippen molar-refractivity contribution in [2.24, 2.45) is 0 Å². The van der Waals surface area contributed by atoms with Gasteiger partial charge in [0.05, 0.1) is 18.2 Å². The lowest BCUT2D eigenvalue weighted by Gasteiger charge is -2.09. The van der Waals surface area contributed by atoms with E-state index in [1.165, 1.54) is 0 Å². The lowest BCUT2D eigenvalue weighted by Crippen LogP contribution is -2.12. The van der Waals surface area contributed by atoms with Gasteiger partial charge in [-0.05, 0) is 18.2 Å². The van der Waals surface area contributed by atoms with Crippen LogP contribution >= 0.6 is 0 Å². The molecule has 0 spiro atoms. The predicted molar refractivity (Wildman–Crippen MR) is 51.1 cm³/mol. The largest absolute Gasteiger partial charge is 0.465 e. The van der Waals surface area contributed by atoms with Crippen molar-refractivity contribution >= 4 is 16.2 Å². The Morgan fingerprint density at radius 2 is 1.83 bits per heavy atom. The standard InChI is InChI=1S/C9H6F4O4S/c1-17-8(14)6-3-2-5(9(10,11)12)4-7(6)18(13,15)16/h2-4H,1H3. The monoisotopic (exact) mass is 286 g/mol. The van der Waals surface area contributed by atoms with Gasteiger partial charge in [0, 0.05) is 0 Å². The van der Waals surface area contributed by atoms with Crippen molar-refractivity contribution in [2.75, 3.05) is 7.11 Å². The van der Waals surface area contributed by atoms with Crippen LogP contribution in [0.5, 0.6) is 0 Å². The van der Waals surface area contributed by atoms with Crippen molar-refractivity contribution in [2.45, 2.75) is 11.1 Å². The van der Waals surface area contributed by atoms with Gasteiger partial charge < -0.3 is 4.74 Å². The number of halogens is 4. The van der Waals surface area contributed by atoms with Crippen LogP contribution in [0.3, 0.4) is 0 Å². The first-order valence-corrected chi connectivity index (χ1v) is 5.70. The van der Waals surface area contributed by atoms with Crippen molar-refractivity contribution in [3.63, 3.8) is 0 Å². The fourth-order valence-corrected chi connectivity index (χ4v) is 1.86. The third-order valence-corrected chi connectivity index (χ3v) is 2.84. The molecule has 1 rings (SSSR count). The van der Waals surface area contributed by atoms with Crippen LogP contribution in [0.15, 0.2) is 23.1 Å². The Morgan fingerprint density at radius 1 is 1.28 bits per heavy atom. The van der Waals surface area contributed by atoms with Gasteiger partial charge in [-0.2, -0.15) is 21.6 Å². The van der Waals surface area contributed by atoms with E-state index in [0.717, 1.165) is 7.11 Å². The maximum Gasteiger partial charge on any atom is 0.416 e. The zero-order valence-electron chi connectivity index (χ0n) is 8.79. The zero-order valence-corrected chi connectivity index (χ0v) is 9.60. The number of carbonyl (C=O) groups excluding carboxylic acids is 1. The van der Waals surface area contributed by atoms with E-state index in [1.54, 1.807) is 0 Å². The lowest BCUT2D eigenvalue weighted by molar-refractivity contribution is -0.137. The highest BCUT2D eigenvalue weighted by molar-refractivity contribution is 7.86. The molecule has 0 bridgehead atoms. The summed E-state index contributed by atoms with van der Waals surface area (Å²) in [6.45, 7) is 0. The van der Waals surface area contributed by atoms with E-state index in [-0.39, 0.29) is 6.07 Å². The maximum atomic E-state index is 12.8. The summed E-state index contributed by atoms with van der Waals surface area (Å²) < 4.78 is 75.4. The Hall–Kier alpha value is -1.64. The highest BCUT2D eigenvalue weighted by atomic mass is 32.3. The second kappa shape index (κ2) is 4.56. The van der Waals surface area contributed by atoms with Crippen LogP contribution in [-0.2, 0) is 21.1 Å². The number of hydrogen-bond donors (Lipinski definition) is 0. The van der Waals surface area contributed by atoms with Crippen LogP contribution in [0.4, 0.5) is 17.1 Å². The number of rotatable bonds is 2. The normalized spacial score (nSPS) is 12.3. The minimum atomic E-state index is -5.47. The van der Waals surface area contributed by atoms with Gasteiger partial charge in [-0.1, -0.05) is 0 Å². The average molecular weight is 286 g/mol. The summed E-state index contributed by atoms with van der Waals surface area (Å²) in [5, 5.41) is 0. The van der Waals surface area contributed by atoms with Gasteiger partial charge in [-0.25, -0.2) is 4.79 Å². The summed E-state index contributed by atoms with van der Waals surface area (Å²) >= 11 is 0. The quantitative estimate of drug-likeness (QED) is 0.475. The van der Waals surface area contributed by atoms with Crippen molar-refractivity contribution < 1.29 is 35.0 Å². The highest BCUT2D eigenvalue weighted by Gasteiger charge is 2.34. The summed E-state index contributed by atoms with van der Waals surface area (Å²) in [4.78, 5) is 9.74. The van der Waals surface area contributed by atoms with Crippen molar-refractivity contribution in [1.29, 1.82) is 0 Å². The topological polar surface area (TPSA) is 60.4 Å². The number of hydrogen-bond acceptors (Lipinski definition) is 4. The Bertz CT molecular complexity index is 577. The van der Waals surface area contributed by atoms with Crippen LogP contribution in [0.1, 0.15) is 15.9 Å². The van der Waals surface area contributed by atoms with Crippen LogP contribution in [0.2, 0.25) is 0 Å². The van der Waals surface area contributed by atoms with E-state index in [2.05, 4.69) is 4.74 Å². The molecule has 0 saturated heterocycles. The number of benzene rings is 1. The first-order valence-electron chi connectivity index (χ1n) is 4.31. The van der Waals surface area contributed by atoms with Gasteiger partial charge in [0.25, 0.3) is 0 Å². The number of esters is 1. The molecule has 4 nitrogen and oxygen atoms in total. The summed E-state index contributed by atoms with van der Waals surface area (Å²) in [7, 11) is -4.59. The molecule has 0 aliphatic rings. The zero-order chi connectivity index (χ0) is 14.1. The molecule has 0 heterocycles. The van der Waals surface area contributed by atoms with E-state index in [0.29, 0.717) is 12.1 Å². The fraction of sp³-hybridized carbons (Fsp3) is 0.222. The van der Waals surface area contributed by atoms with E-state index < -0.39 is 38.4 Å². The molecule has 0 amide bonds. The maximum absolute atomic E-state index is 12.8. The minimum Gasteiger partial charge on any atom is -0.465 e. The highest BCUT2D eigenvalue weighted by Crippen LogP contribution is 2.32. The van der Waals surface area contributed by atoms with Crippen LogP contribution < -0.4 is 0 Å². The van der Waals surface area contributed by atoms with Gasteiger partial charge in [0.2, 0.25) is 0 Å². The van der Waals surface area contributed by atoms with Crippen LogP contribution in [-0.4, -0.2) is 21.5 Å². The Labute approximate surface area is 99.4 Å². The summed E-state index contributed by atoms with van der Waals surface area (Å²) in [6, 6.07) is 1.05. The third kappa shape index (κ3) is 2.97. The third-order valence-electron chi connectivity index (χ3n) is 1.98. The van der Waals surface area contributed by atoms with Gasteiger partial charge >= 0.3 is 22.4 Å². The Morgan fingerprint density at radius 3 is 2.22 bits per heavy atom. The van der Waals surface area contributed by atoms with E-state index in [1.807, 2.05) is 0 Å². The van der Waals surface area contributed by atoms with Gasteiger partial charge in [0.15, 0.2) is 0 Å². The molecule has 1 aromatic carbocycles. The molecule has 9 heteroatoms. The van der Waals surface area contributed by atoms with Gasteiger partial charge in [-0.15, -0.1) is 3.89 Å². The number of alkyl halides is 3. The SMILES string of the molecule is COC(=O)c1ccc(C(F)(F)F)cc1S(=O)(=O)F. The predicted octanol–water partition coefficient (Wildman–Crippen LogP) is 2.15. The first-order chi connectivity index (χ1) is 8.07. The van der Waals surface area contributed by atoms with Gasteiger partial charge in [-0.3, -0.25) is 0 Å². The number of methoxy groups -OCH3 is 1. The molecule has 0 radical (unpaired) electrons. The summed E-state index contributed by atoms with van der Waals surface area (Å²) in [5.74, 6) is -1.25. The van der Waals surface area contributed by atoms with E-state index >= 15 is 0 Å². The molecule has 0 fully saturated rings. The second-order valence-corrected chi connectivity index (χ2v) is 4.45. The average Bonchev–Trinajstić information content (AvgIpc) is 2.24. The molecule has 100 valence electrons. The molecule has 0 N–H and O–H groups in total. The summed E-state index contributed by atoms with van der Waals surface area (Å²) in [6.07, 6.45) is -4.85. The van der Waals surface area contributed by atoms with Crippen molar-refractivity contribution in [3.8, 4) is 0 Å². The number of carbonyl (C=O) groups is 1. The summed E-state index contributed by atoms with van der Waals surface area (Å²) in [5.41, 5.74) is -2.18. The molecule has 0 aliphatic carbocycles. The minimum absolute atomic E-state index is 0.0432. The molecule has 0 unspecified atom stereocenters. The second-order valence-electron chi connectivity index (χ2n) is 3.14. The molecule has 0 saturated carbocycles. The van der Waals surface area contributed by atoms with Crippen molar-refractivity contribution in [1.82, 2.24) is 0 Å². The van der Waals surface area contributed by atoms with E-state index in [9.17, 15) is 30.3 Å². The molecule has 1 aromatic rings. The van der Waals surface area contributed by atoms with Gasteiger partial charge in [0.1, 0.15) is 4.90 Å². The molecule has 18 heavy (non-hydrogen) atoms. The lowest BCUT2D eigenvalue weighted by atomic mass is 10.1. The fourth-order valence-electron chi connectivity index (χ4n) is 1.18. The molecule has 0 atom stereocenters. The Kier molecular flexibility index (Phi) is 3.65. The molecular weight excluding hydrogens is 280 g/mol. The van der Waals surface area contributed by atoms with E-state index in [4.69, 9.17) is 0 Å². The van der Waals surface area contributed by atoms with Crippen LogP contribution in [0.25, 0.3) is 0 Å². The molecular formula is C9H6F4O4S. The Balaban J connectivity index is 3.55. The van der Waals surface area contributed by atoms with Crippen LogP contribution in [0, 0.1) is 0 Å². The van der Waals surface area contributed by atoms with Crippen molar-refractivity contribution in [3.05, 3.63) is 29.3 Å².